The van der Waals surface area contributed by atoms with Crippen molar-refractivity contribution < 1.29 is 14.4 Å². The SMILES string of the molecule is CC(C)N1CC(C(=O)Nc2ccc(C(=O)Nc3cccc(Cl)c3)cc2)CC1=O. The van der Waals surface area contributed by atoms with E-state index >= 15 is 0 Å². The first-order valence-corrected chi connectivity index (χ1v) is 9.48. The van der Waals surface area contributed by atoms with Gasteiger partial charge in [0.05, 0.1) is 5.92 Å². The smallest absolute Gasteiger partial charge is 0.255 e. The van der Waals surface area contributed by atoms with Crippen LogP contribution < -0.4 is 10.6 Å². The molecule has 2 N–H and O–H groups in total. The maximum absolute atomic E-state index is 12.4. The molecule has 6 nitrogen and oxygen atoms in total. The highest BCUT2D eigenvalue weighted by molar-refractivity contribution is 6.31. The molecule has 7 heteroatoms. The molecule has 2 aromatic rings. The van der Waals surface area contributed by atoms with Gasteiger partial charge in [-0.2, -0.15) is 0 Å². The predicted octanol–water partition coefficient (Wildman–Crippen LogP) is 3.79. The molecule has 0 bridgehead atoms. The molecule has 1 heterocycles. The minimum atomic E-state index is -0.360. The number of carbonyl (C=O) groups is 3. The predicted molar refractivity (Wildman–Crippen MR) is 109 cm³/mol. The Balaban J connectivity index is 1.59. The van der Waals surface area contributed by atoms with E-state index in [9.17, 15) is 14.4 Å². The lowest BCUT2D eigenvalue weighted by Crippen LogP contribution is -2.33. The number of likely N-dealkylation sites (tertiary alicyclic amines) is 1. The van der Waals surface area contributed by atoms with Crippen molar-refractivity contribution in [1.82, 2.24) is 4.90 Å². The number of hydrogen-bond donors (Lipinski definition) is 2. The van der Waals surface area contributed by atoms with E-state index in [2.05, 4.69) is 10.6 Å². The molecule has 146 valence electrons. The van der Waals surface area contributed by atoms with E-state index in [1.807, 2.05) is 13.8 Å². The number of benzene rings is 2. The molecule has 0 spiro atoms. The average molecular weight is 400 g/mol. The largest absolute Gasteiger partial charge is 0.339 e. The first-order chi connectivity index (χ1) is 13.3. The van der Waals surface area contributed by atoms with Gasteiger partial charge in [0.25, 0.3) is 5.91 Å². The van der Waals surface area contributed by atoms with Crippen molar-refractivity contribution in [2.24, 2.45) is 5.92 Å². The molecule has 1 aliphatic rings. The second-order valence-electron chi connectivity index (χ2n) is 7.07. The van der Waals surface area contributed by atoms with Crippen LogP contribution in [0.15, 0.2) is 48.5 Å². The van der Waals surface area contributed by atoms with Crippen molar-refractivity contribution >= 4 is 40.7 Å². The van der Waals surface area contributed by atoms with Gasteiger partial charge in [-0.25, -0.2) is 0 Å². The highest BCUT2D eigenvalue weighted by Gasteiger charge is 2.35. The number of nitrogens with zero attached hydrogens (tertiary/aromatic N) is 1. The summed E-state index contributed by atoms with van der Waals surface area (Å²) in [6, 6.07) is 13.6. The van der Waals surface area contributed by atoms with Gasteiger partial charge in [0.2, 0.25) is 11.8 Å². The number of halogens is 1. The van der Waals surface area contributed by atoms with Crippen LogP contribution in [-0.4, -0.2) is 35.2 Å². The standard InChI is InChI=1S/C21H22ClN3O3/c1-13(2)25-12-15(10-19(25)26)21(28)23-17-8-6-14(7-9-17)20(27)24-18-5-3-4-16(22)11-18/h3-9,11,13,15H,10,12H2,1-2H3,(H,23,28)(H,24,27). The number of carbonyl (C=O) groups excluding carboxylic acids is 3. The minimum absolute atomic E-state index is 0.00295. The van der Waals surface area contributed by atoms with E-state index in [4.69, 9.17) is 11.6 Å². The van der Waals surface area contributed by atoms with Gasteiger partial charge in [-0.3, -0.25) is 14.4 Å². The van der Waals surface area contributed by atoms with Crippen molar-refractivity contribution in [3.63, 3.8) is 0 Å². The summed E-state index contributed by atoms with van der Waals surface area (Å²) in [5.41, 5.74) is 1.65. The summed E-state index contributed by atoms with van der Waals surface area (Å²) >= 11 is 5.92. The summed E-state index contributed by atoms with van der Waals surface area (Å²) < 4.78 is 0. The van der Waals surface area contributed by atoms with E-state index in [1.54, 1.807) is 53.4 Å². The van der Waals surface area contributed by atoms with E-state index in [0.717, 1.165) is 0 Å². The molecule has 0 aromatic heterocycles. The van der Waals surface area contributed by atoms with Gasteiger partial charge < -0.3 is 15.5 Å². The Hall–Kier alpha value is -2.86. The van der Waals surface area contributed by atoms with Crippen molar-refractivity contribution in [3.8, 4) is 0 Å². The number of nitrogens with one attached hydrogen (secondary N) is 2. The Morgan fingerprint density at radius 3 is 2.39 bits per heavy atom. The first kappa shape index (κ1) is 19.9. The molecular weight excluding hydrogens is 378 g/mol. The van der Waals surface area contributed by atoms with E-state index < -0.39 is 0 Å². The number of rotatable bonds is 5. The van der Waals surface area contributed by atoms with Crippen LogP contribution in [-0.2, 0) is 9.59 Å². The zero-order valence-electron chi connectivity index (χ0n) is 15.7. The molecule has 1 atom stereocenters. The number of amides is 3. The molecular formula is C21H22ClN3O3. The maximum Gasteiger partial charge on any atom is 0.255 e. The third-order valence-electron chi connectivity index (χ3n) is 4.65. The summed E-state index contributed by atoms with van der Waals surface area (Å²) in [5.74, 6) is -0.814. The Labute approximate surface area is 168 Å². The van der Waals surface area contributed by atoms with Gasteiger partial charge in [0, 0.05) is 41.0 Å². The van der Waals surface area contributed by atoms with Gasteiger partial charge in [0.1, 0.15) is 0 Å². The summed E-state index contributed by atoms with van der Waals surface area (Å²) in [4.78, 5) is 38.4. The Bertz CT molecular complexity index is 896. The third-order valence-corrected chi connectivity index (χ3v) is 4.88. The second-order valence-corrected chi connectivity index (χ2v) is 7.51. The fraction of sp³-hybridized carbons (Fsp3) is 0.286. The third kappa shape index (κ3) is 4.70. The van der Waals surface area contributed by atoms with Crippen molar-refractivity contribution in [1.29, 1.82) is 0 Å². The van der Waals surface area contributed by atoms with Crippen LogP contribution in [0.2, 0.25) is 5.02 Å². The summed E-state index contributed by atoms with van der Waals surface area (Å²) in [5, 5.41) is 6.13. The van der Waals surface area contributed by atoms with Crippen LogP contribution in [0.1, 0.15) is 30.6 Å². The van der Waals surface area contributed by atoms with E-state index in [-0.39, 0.29) is 36.1 Å². The summed E-state index contributed by atoms with van der Waals surface area (Å²) in [6.45, 7) is 4.30. The summed E-state index contributed by atoms with van der Waals surface area (Å²) in [7, 11) is 0. The first-order valence-electron chi connectivity index (χ1n) is 9.11. The monoisotopic (exact) mass is 399 g/mol. The van der Waals surface area contributed by atoms with E-state index in [1.165, 1.54) is 0 Å². The highest BCUT2D eigenvalue weighted by Crippen LogP contribution is 2.22. The van der Waals surface area contributed by atoms with Crippen molar-refractivity contribution in [2.75, 3.05) is 17.2 Å². The van der Waals surface area contributed by atoms with Gasteiger partial charge >= 0.3 is 0 Å². The van der Waals surface area contributed by atoms with Crippen LogP contribution in [0.5, 0.6) is 0 Å². The fourth-order valence-electron chi connectivity index (χ4n) is 3.13. The molecule has 0 radical (unpaired) electrons. The lowest BCUT2D eigenvalue weighted by Gasteiger charge is -2.20. The molecule has 3 rings (SSSR count). The lowest BCUT2D eigenvalue weighted by molar-refractivity contribution is -0.129. The van der Waals surface area contributed by atoms with Crippen LogP contribution >= 0.6 is 11.6 Å². The lowest BCUT2D eigenvalue weighted by atomic mass is 10.1. The number of hydrogen-bond acceptors (Lipinski definition) is 3. The van der Waals surface area contributed by atoms with Crippen molar-refractivity contribution in [2.45, 2.75) is 26.3 Å². The van der Waals surface area contributed by atoms with Gasteiger partial charge in [-0.05, 0) is 56.3 Å². The molecule has 1 aliphatic heterocycles. The molecule has 28 heavy (non-hydrogen) atoms. The fourth-order valence-corrected chi connectivity index (χ4v) is 3.32. The van der Waals surface area contributed by atoms with E-state index in [0.29, 0.717) is 28.5 Å². The zero-order valence-corrected chi connectivity index (χ0v) is 16.5. The Morgan fingerprint density at radius 1 is 1.07 bits per heavy atom. The van der Waals surface area contributed by atoms with Gasteiger partial charge in [-0.15, -0.1) is 0 Å². The topological polar surface area (TPSA) is 78.5 Å². The summed E-state index contributed by atoms with van der Waals surface area (Å²) in [6.07, 6.45) is 0.226. The number of anilines is 2. The molecule has 3 amide bonds. The van der Waals surface area contributed by atoms with Crippen LogP contribution in [0.4, 0.5) is 11.4 Å². The quantitative estimate of drug-likeness (QED) is 0.802. The zero-order chi connectivity index (χ0) is 20.3. The molecule has 0 aliphatic carbocycles. The minimum Gasteiger partial charge on any atom is -0.339 e. The van der Waals surface area contributed by atoms with Crippen LogP contribution in [0, 0.1) is 5.92 Å². The molecule has 1 unspecified atom stereocenters. The normalized spacial score (nSPS) is 16.4. The Morgan fingerprint density at radius 2 is 1.79 bits per heavy atom. The molecule has 1 saturated heterocycles. The van der Waals surface area contributed by atoms with Gasteiger partial charge in [-0.1, -0.05) is 17.7 Å². The van der Waals surface area contributed by atoms with Crippen molar-refractivity contribution in [3.05, 3.63) is 59.1 Å². The molecule has 1 fully saturated rings. The average Bonchev–Trinajstić information content (AvgIpc) is 3.04. The van der Waals surface area contributed by atoms with Crippen LogP contribution in [0.3, 0.4) is 0 Å². The maximum atomic E-state index is 12.4. The van der Waals surface area contributed by atoms with Gasteiger partial charge in [0.15, 0.2) is 0 Å². The highest BCUT2D eigenvalue weighted by atomic mass is 35.5. The van der Waals surface area contributed by atoms with Crippen LogP contribution in [0.25, 0.3) is 0 Å². The molecule has 2 aromatic carbocycles. The molecule has 0 saturated carbocycles. The second kappa shape index (κ2) is 8.44. The Kier molecular flexibility index (Phi) is 5.99.